The van der Waals surface area contributed by atoms with Crippen LogP contribution in [0.5, 0.6) is 5.75 Å². The number of benzene rings is 1. The van der Waals surface area contributed by atoms with Gasteiger partial charge in [-0.2, -0.15) is 5.48 Å². The molecule has 0 unspecified atom stereocenters. The second-order valence-electron chi connectivity index (χ2n) is 3.35. The van der Waals surface area contributed by atoms with Crippen LogP contribution in [0, 0.1) is 13.8 Å². The van der Waals surface area contributed by atoms with Gasteiger partial charge in [0.2, 0.25) is 0 Å². The minimum Gasteiger partial charge on any atom is -0.496 e. The molecule has 1 rings (SSSR count). The summed E-state index contributed by atoms with van der Waals surface area (Å²) in [5, 5.41) is 0. The van der Waals surface area contributed by atoms with Gasteiger partial charge in [0.05, 0.1) is 14.2 Å². The Morgan fingerprint density at radius 2 is 2.00 bits per heavy atom. The third-order valence-corrected chi connectivity index (χ3v) is 3.53. The lowest BCUT2D eigenvalue weighted by Gasteiger charge is -2.15. The molecule has 0 bridgehead atoms. The highest BCUT2D eigenvalue weighted by Crippen LogP contribution is 2.32. The first-order valence-electron chi connectivity index (χ1n) is 4.70. The molecule has 0 aliphatic rings. The smallest absolute Gasteiger partial charge is 0.127 e. The molecular formula is C11H16BrNO2. The molecular weight excluding hydrogens is 258 g/mol. The SMILES string of the molecule is CONCc1cc(C)c(Br)c(C)c1OC. The number of methoxy groups -OCH3 is 1. The molecule has 0 fully saturated rings. The number of aryl methyl sites for hydroxylation is 1. The lowest BCUT2D eigenvalue weighted by Crippen LogP contribution is -2.12. The van der Waals surface area contributed by atoms with Crippen molar-refractivity contribution in [2.24, 2.45) is 0 Å². The fourth-order valence-corrected chi connectivity index (χ4v) is 1.89. The molecule has 0 spiro atoms. The standard InChI is InChI=1S/C11H16BrNO2/c1-7-5-9(6-13-15-4)11(14-3)8(2)10(7)12/h5,13H,6H2,1-4H3. The van der Waals surface area contributed by atoms with Crippen molar-refractivity contribution in [3.8, 4) is 5.75 Å². The predicted molar refractivity (Wildman–Crippen MR) is 64.0 cm³/mol. The zero-order chi connectivity index (χ0) is 11.4. The van der Waals surface area contributed by atoms with Gasteiger partial charge in [0, 0.05) is 22.1 Å². The Kier molecular flexibility index (Phi) is 4.57. The molecule has 0 heterocycles. The fourth-order valence-electron chi connectivity index (χ4n) is 1.59. The summed E-state index contributed by atoms with van der Waals surface area (Å²) in [5.41, 5.74) is 6.22. The summed E-state index contributed by atoms with van der Waals surface area (Å²) >= 11 is 3.54. The lowest BCUT2D eigenvalue weighted by molar-refractivity contribution is 0.0861. The molecule has 0 aromatic heterocycles. The van der Waals surface area contributed by atoms with Crippen molar-refractivity contribution in [3.63, 3.8) is 0 Å². The van der Waals surface area contributed by atoms with Gasteiger partial charge in [0.1, 0.15) is 5.75 Å². The number of nitrogens with one attached hydrogen (secondary N) is 1. The average molecular weight is 274 g/mol. The molecule has 1 N–H and O–H groups in total. The molecule has 0 radical (unpaired) electrons. The molecule has 1 aromatic carbocycles. The third kappa shape index (κ3) is 2.71. The van der Waals surface area contributed by atoms with E-state index >= 15 is 0 Å². The Balaban J connectivity index is 3.13. The van der Waals surface area contributed by atoms with E-state index in [4.69, 9.17) is 9.57 Å². The lowest BCUT2D eigenvalue weighted by atomic mass is 10.1. The van der Waals surface area contributed by atoms with E-state index in [-0.39, 0.29) is 0 Å². The largest absolute Gasteiger partial charge is 0.496 e. The van der Waals surface area contributed by atoms with E-state index in [9.17, 15) is 0 Å². The molecule has 0 atom stereocenters. The van der Waals surface area contributed by atoms with Gasteiger partial charge >= 0.3 is 0 Å². The van der Waals surface area contributed by atoms with Gasteiger partial charge in [-0.05, 0) is 25.5 Å². The van der Waals surface area contributed by atoms with Gasteiger partial charge in [-0.3, -0.25) is 0 Å². The summed E-state index contributed by atoms with van der Waals surface area (Å²) < 4.78 is 6.48. The number of halogens is 1. The molecule has 0 saturated carbocycles. The highest BCUT2D eigenvalue weighted by Gasteiger charge is 2.11. The first-order valence-corrected chi connectivity index (χ1v) is 5.49. The summed E-state index contributed by atoms with van der Waals surface area (Å²) in [6.07, 6.45) is 0. The van der Waals surface area contributed by atoms with Gasteiger partial charge in [-0.15, -0.1) is 0 Å². The highest BCUT2D eigenvalue weighted by atomic mass is 79.9. The maximum Gasteiger partial charge on any atom is 0.127 e. The number of hydrogen-bond acceptors (Lipinski definition) is 3. The first-order chi connectivity index (χ1) is 7.11. The molecule has 0 saturated heterocycles. The van der Waals surface area contributed by atoms with E-state index in [0.717, 1.165) is 21.3 Å². The maximum absolute atomic E-state index is 5.38. The van der Waals surface area contributed by atoms with Gasteiger partial charge in [0.15, 0.2) is 0 Å². The van der Waals surface area contributed by atoms with Crippen LogP contribution in [-0.4, -0.2) is 14.2 Å². The second kappa shape index (κ2) is 5.49. The van der Waals surface area contributed by atoms with Crippen molar-refractivity contribution in [3.05, 3.63) is 27.2 Å². The minimum atomic E-state index is 0.634. The number of rotatable bonds is 4. The summed E-state index contributed by atoms with van der Waals surface area (Å²) in [6.45, 7) is 4.73. The second-order valence-corrected chi connectivity index (χ2v) is 4.14. The number of hydrogen-bond donors (Lipinski definition) is 1. The molecule has 1 aromatic rings. The number of ether oxygens (including phenoxy) is 1. The van der Waals surface area contributed by atoms with Gasteiger partial charge < -0.3 is 9.57 Å². The molecule has 0 amide bonds. The summed E-state index contributed by atoms with van der Waals surface area (Å²) in [5.74, 6) is 0.900. The fraction of sp³-hybridized carbons (Fsp3) is 0.455. The van der Waals surface area contributed by atoms with Crippen LogP contribution < -0.4 is 10.2 Å². The monoisotopic (exact) mass is 273 g/mol. The van der Waals surface area contributed by atoms with Crippen LogP contribution in [0.2, 0.25) is 0 Å². The van der Waals surface area contributed by atoms with Crippen LogP contribution in [0.15, 0.2) is 10.5 Å². The Morgan fingerprint density at radius 3 is 2.53 bits per heavy atom. The number of hydroxylamine groups is 1. The van der Waals surface area contributed by atoms with Gasteiger partial charge in [0.25, 0.3) is 0 Å². The Bertz CT molecular complexity index is 353. The Labute approximate surface area is 98.9 Å². The maximum atomic E-state index is 5.38. The Morgan fingerprint density at radius 1 is 1.33 bits per heavy atom. The van der Waals surface area contributed by atoms with E-state index in [1.165, 1.54) is 5.56 Å². The van der Waals surface area contributed by atoms with Crippen LogP contribution in [0.25, 0.3) is 0 Å². The normalized spacial score (nSPS) is 10.5. The quantitative estimate of drug-likeness (QED) is 0.856. The molecule has 4 heteroatoms. The first kappa shape index (κ1) is 12.5. The van der Waals surface area contributed by atoms with Crippen molar-refractivity contribution in [2.45, 2.75) is 20.4 Å². The van der Waals surface area contributed by atoms with E-state index < -0.39 is 0 Å². The van der Waals surface area contributed by atoms with E-state index in [2.05, 4.69) is 34.4 Å². The topological polar surface area (TPSA) is 30.5 Å². The van der Waals surface area contributed by atoms with Crippen molar-refractivity contribution in [2.75, 3.05) is 14.2 Å². The van der Waals surface area contributed by atoms with Crippen LogP contribution in [0.3, 0.4) is 0 Å². The van der Waals surface area contributed by atoms with Gasteiger partial charge in [-0.1, -0.05) is 15.9 Å². The Hall–Kier alpha value is -0.580. The van der Waals surface area contributed by atoms with E-state index in [0.29, 0.717) is 6.54 Å². The van der Waals surface area contributed by atoms with Gasteiger partial charge in [-0.25, -0.2) is 0 Å². The summed E-state index contributed by atoms with van der Waals surface area (Å²) in [6, 6.07) is 2.09. The highest BCUT2D eigenvalue weighted by molar-refractivity contribution is 9.10. The van der Waals surface area contributed by atoms with Crippen molar-refractivity contribution >= 4 is 15.9 Å². The zero-order valence-electron chi connectivity index (χ0n) is 9.48. The van der Waals surface area contributed by atoms with E-state index in [1.807, 2.05) is 6.92 Å². The molecule has 15 heavy (non-hydrogen) atoms. The van der Waals surface area contributed by atoms with Crippen LogP contribution in [0.1, 0.15) is 16.7 Å². The summed E-state index contributed by atoms with van der Waals surface area (Å²) in [4.78, 5) is 4.84. The van der Waals surface area contributed by atoms with Crippen molar-refractivity contribution < 1.29 is 9.57 Å². The molecule has 84 valence electrons. The van der Waals surface area contributed by atoms with Crippen molar-refractivity contribution in [1.82, 2.24) is 5.48 Å². The zero-order valence-corrected chi connectivity index (χ0v) is 11.1. The molecule has 3 nitrogen and oxygen atoms in total. The van der Waals surface area contributed by atoms with Crippen LogP contribution in [0.4, 0.5) is 0 Å². The third-order valence-electron chi connectivity index (χ3n) is 2.31. The minimum absolute atomic E-state index is 0.634. The van der Waals surface area contributed by atoms with Crippen LogP contribution in [-0.2, 0) is 11.4 Å². The van der Waals surface area contributed by atoms with Crippen molar-refractivity contribution in [1.29, 1.82) is 0 Å². The molecule has 0 aliphatic carbocycles. The van der Waals surface area contributed by atoms with E-state index in [1.54, 1.807) is 14.2 Å². The summed E-state index contributed by atoms with van der Waals surface area (Å²) in [7, 11) is 3.28. The predicted octanol–water partition coefficient (Wildman–Crippen LogP) is 2.73. The molecule has 0 aliphatic heterocycles. The van der Waals surface area contributed by atoms with Crippen LogP contribution >= 0.6 is 15.9 Å². The average Bonchev–Trinajstić information content (AvgIpc) is 2.23.